The zero-order valence-electron chi connectivity index (χ0n) is 8.10. The molecular weight excluding hydrogens is 248 g/mol. The van der Waals surface area contributed by atoms with Crippen LogP contribution in [0.4, 0.5) is 0 Å². The minimum Gasteiger partial charge on any atom is -0.477 e. The second kappa shape index (κ2) is 6.15. The van der Waals surface area contributed by atoms with Crippen molar-refractivity contribution >= 4 is 35.0 Å². The van der Waals surface area contributed by atoms with Crippen molar-refractivity contribution in [3.63, 3.8) is 0 Å². The Morgan fingerprint density at radius 2 is 2.38 bits per heavy atom. The molecule has 1 aromatic rings. The minimum absolute atomic E-state index is 0.0105. The van der Waals surface area contributed by atoms with Crippen molar-refractivity contribution in [1.29, 1.82) is 5.26 Å². The Morgan fingerprint density at radius 3 is 2.94 bits per heavy atom. The van der Waals surface area contributed by atoms with Gasteiger partial charge < -0.3 is 10.4 Å². The van der Waals surface area contributed by atoms with E-state index in [0.29, 0.717) is 0 Å². The van der Waals surface area contributed by atoms with Crippen molar-refractivity contribution in [1.82, 2.24) is 5.32 Å². The molecule has 1 heterocycles. The number of hydrogen-bond donors (Lipinski definition) is 2. The fourth-order valence-corrected chi connectivity index (χ4v) is 2.54. The van der Waals surface area contributed by atoms with Crippen LogP contribution in [0.5, 0.6) is 0 Å². The van der Waals surface area contributed by atoms with E-state index in [1.54, 1.807) is 11.4 Å². The molecule has 1 amide bonds. The van der Waals surface area contributed by atoms with Gasteiger partial charge in [-0.1, -0.05) is 0 Å². The quantitative estimate of drug-likeness (QED) is 0.610. The molecule has 1 rings (SSSR count). The summed E-state index contributed by atoms with van der Waals surface area (Å²) >= 11 is 2.37. The van der Waals surface area contributed by atoms with Gasteiger partial charge in [-0.3, -0.25) is 4.79 Å². The summed E-state index contributed by atoms with van der Waals surface area (Å²) in [5.74, 6) is -1.03. The lowest BCUT2D eigenvalue weighted by Gasteiger charge is -1.98. The average molecular weight is 256 g/mol. The highest BCUT2D eigenvalue weighted by atomic mass is 32.2. The first-order chi connectivity index (χ1) is 7.63. The maximum atomic E-state index is 11.1. The van der Waals surface area contributed by atoms with Gasteiger partial charge in [0, 0.05) is 10.3 Å². The highest BCUT2D eigenvalue weighted by molar-refractivity contribution is 8.00. The van der Waals surface area contributed by atoms with E-state index in [-0.39, 0.29) is 23.1 Å². The number of hydrogen-bond acceptors (Lipinski definition) is 5. The lowest BCUT2D eigenvalue weighted by molar-refractivity contribution is -0.118. The van der Waals surface area contributed by atoms with Gasteiger partial charge in [0.1, 0.15) is 11.4 Å². The number of carbonyl (C=O) groups is 2. The summed E-state index contributed by atoms with van der Waals surface area (Å²) in [4.78, 5) is 22.7. The molecule has 5 nitrogen and oxygen atoms in total. The second-order valence-electron chi connectivity index (χ2n) is 2.68. The van der Waals surface area contributed by atoms with Gasteiger partial charge >= 0.3 is 5.97 Å². The minimum atomic E-state index is -0.967. The molecule has 0 aromatic carbocycles. The zero-order valence-corrected chi connectivity index (χ0v) is 9.73. The third-order valence-electron chi connectivity index (χ3n) is 1.52. The van der Waals surface area contributed by atoms with Crippen LogP contribution in [0.25, 0.3) is 0 Å². The molecule has 0 spiro atoms. The summed E-state index contributed by atoms with van der Waals surface area (Å²) in [5.41, 5.74) is 0. The molecule has 0 atom stereocenters. The van der Waals surface area contributed by atoms with Crippen LogP contribution in [-0.2, 0) is 4.79 Å². The predicted octanol–water partition coefficient (Wildman–Crippen LogP) is 1.18. The van der Waals surface area contributed by atoms with E-state index in [1.165, 1.54) is 17.8 Å². The van der Waals surface area contributed by atoms with Gasteiger partial charge in [0.2, 0.25) is 5.91 Å². The third kappa shape index (κ3) is 3.92. The Hall–Kier alpha value is -1.52. The summed E-state index contributed by atoms with van der Waals surface area (Å²) in [6, 6.07) is 3.32. The van der Waals surface area contributed by atoms with Crippen LogP contribution in [-0.4, -0.2) is 29.3 Å². The van der Waals surface area contributed by atoms with Crippen molar-refractivity contribution in [3.8, 4) is 6.07 Å². The monoisotopic (exact) mass is 256 g/mol. The Morgan fingerprint density at radius 1 is 1.62 bits per heavy atom. The number of nitrogens with one attached hydrogen (secondary N) is 1. The number of carbonyl (C=O) groups excluding carboxylic acids is 1. The van der Waals surface area contributed by atoms with E-state index in [1.807, 2.05) is 0 Å². The van der Waals surface area contributed by atoms with E-state index < -0.39 is 5.97 Å². The first-order valence-corrected chi connectivity index (χ1v) is 6.08. The maximum absolute atomic E-state index is 11.1. The summed E-state index contributed by atoms with van der Waals surface area (Å²) in [6.45, 7) is -0.0105. The lowest BCUT2D eigenvalue weighted by Crippen LogP contribution is -2.25. The Bertz CT molecular complexity index is 436. The number of amides is 1. The fraction of sp³-hybridized carbons (Fsp3) is 0.222. The number of thioether (sulfide) groups is 1. The molecule has 0 saturated carbocycles. The summed E-state index contributed by atoms with van der Waals surface area (Å²) in [7, 11) is 0. The fourth-order valence-electron chi connectivity index (χ4n) is 0.845. The number of carboxylic acids is 1. The highest BCUT2D eigenvalue weighted by Crippen LogP contribution is 2.24. The molecule has 0 unspecified atom stereocenters. The number of thiophene rings is 1. The highest BCUT2D eigenvalue weighted by Gasteiger charge is 2.08. The maximum Gasteiger partial charge on any atom is 0.345 e. The topological polar surface area (TPSA) is 90.2 Å². The van der Waals surface area contributed by atoms with E-state index >= 15 is 0 Å². The molecule has 7 heteroatoms. The predicted molar refractivity (Wildman–Crippen MR) is 60.6 cm³/mol. The smallest absolute Gasteiger partial charge is 0.345 e. The van der Waals surface area contributed by atoms with Gasteiger partial charge in [0.25, 0.3) is 0 Å². The van der Waals surface area contributed by atoms with Crippen LogP contribution in [0.1, 0.15) is 9.67 Å². The Balaban J connectivity index is 2.40. The molecule has 16 heavy (non-hydrogen) atoms. The number of carboxylic acid groups (broad SMARTS) is 1. The Kier molecular flexibility index (Phi) is 4.82. The van der Waals surface area contributed by atoms with E-state index in [2.05, 4.69) is 5.32 Å². The van der Waals surface area contributed by atoms with Gasteiger partial charge in [0.15, 0.2) is 0 Å². The molecular formula is C9H8N2O3S2. The standard InChI is InChI=1S/C9H8N2O3S2/c10-1-2-11-8(12)5-15-6-3-7(9(13)14)16-4-6/h3-4H,2,5H2,(H,11,12)(H,13,14). The number of nitrogens with zero attached hydrogens (tertiary/aromatic N) is 1. The summed E-state index contributed by atoms with van der Waals surface area (Å²) < 4.78 is 0. The van der Waals surface area contributed by atoms with Crippen LogP contribution in [0, 0.1) is 11.3 Å². The number of nitriles is 1. The molecule has 1 aromatic heterocycles. The van der Waals surface area contributed by atoms with Crippen LogP contribution in [0.2, 0.25) is 0 Å². The first-order valence-electron chi connectivity index (χ1n) is 4.21. The second-order valence-corrected chi connectivity index (χ2v) is 4.64. The lowest BCUT2D eigenvalue weighted by atomic mass is 10.5. The number of rotatable bonds is 5. The molecule has 0 aliphatic carbocycles. The van der Waals surface area contributed by atoms with Crippen molar-refractivity contribution in [2.75, 3.05) is 12.3 Å². The molecule has 0 aliphatic rings. The molecule has 0 aliphatic heterocycles. The van der Waals surface area contributed by atoms with Crippen LogP contribution in [0.3, 0.4) is 0 Å². The molecule has 0 bridgehead atoms. The van der Waals surface area contributed by atoms with Crippen molar-refractivity contribution in [2.45, 2.75) is 4.90 Å². The SMILES string of the molecule is N#CCNC(=O)CSc1csc(C(=O)O)c1. The van der Waals surface area contributed by atoms with E-state index in [0.717, 1.165) is 16.2 Å². The van der Waals surface area contributed by atoms with Gasteiger partial charge in [-0.2, -0.15) is 5.26 Å². The third-order valence-corrected chi connectivity index (χ3v) is 3.56. The van der Waals surface area contributed by atoms with Crippen LogP contribution >= 0.6 is 23.1 Å². The van der Waals surface area contributed by atoms with Gasteiger partial charge in [-0.25, -0.2) is 4.79 Å². The van der Waals surface area contributed by atoms with Gasteiger partial charge in [-0.15, -0.1) is 23.1 Å². The molecule has 84 valence electrons. The molecule has 0 saturated heterocycles. The van der Waals surface area contributed by atoms with Gasteiger partial charge in [0.05, 0.1) is 11.8 Å². The zero-order chi connectivity index (χ0) is 12.0. The van der Waals surface area contributed by atoms with Gasteiger partial charge in [-0.05, 0) is 6.07 Å². The molecule has 2 N–H and O–H groups in total. The van der Waals surface area contributed by atoms with Crippen LogP contribution in [0.15, 0.2) is 16.3 Å². The van der Waals surface area contributed by atoms with E-state index in [9.17, 15) is 9.59 Å². The largest absolute Gasteiger partial charge is 0.477 e. The average Bonchev–Trinajstić information content (AvgIpc) is 2.72. The summed E-state index contributed by atoms with van der Waals surface area (Å²) in [6.07, 6.45) is 0. The van der Waals surface area contributed by atoms with Crippen molar-refractivity contribution in [3.05, 3.63) is 16.3 Å². The molecule has 0 radical (unpaired) electrons. The number of aromatic carboxylic acids is 1. The first kappa shape index (κ1) is 12.5. The van der Waals surface area contributed by atoms with Crippen LogP contribution < -0.4 is 5.32 Å². The summed E-state index contributed by atoms with van der Waals surface area (Å²) in [5, 5.41) is 21.0. The van der Waals surface area contributed by atoms with Crippen molar-refractivity contribution in [2.24, 2.45) is 0 Å². The van der Waals surface area contributed by atoms with Crippen molar-refractivity contribution < 1.29 is 14.7 Å². The Labute approximate surface area is 100 Å². The van der Waals surface area contributed by atoms with E-state index in [4.69, 9.17) is 10.4 Å². The normalized spacial score (nSPS) is 9.44. The molecule has 0 fully saturated rings.